The summed E-state index contributed by atoms with van der Waals surface area (Å²) in [6.07, 6.45) is 1.70. The number of nitrogens with zero attached hydrogens (tertiary/aromatic N) is 5. The fourth-order valence-corrected chi connectivity index (χ4v) is 3.83. The Bertz CT molecular complexity index is 898. The number of rotatable bonds is 5. The highest BCUT2D eigenvalue weighted by atomic mass is 35.5. The highest BCUT2D eigenvalue weighted by molar-refractivity contribution is 7.22. The molecule has 0 atom stereocenters. The Balaban J connectivity index is 2.02. The van der Waals surface area contributed by atoms with Crippen molar-refractivity contribution in [2.24, 2.45) is 7.05 Å². The first-order valence-electron chi connectivity index (χ1n) is 7.88. The summed E-state index contributed by atoms with van der Waals surface area (Å²) in [5, 5.41) is 5.52. The maximum atomic E-state index is 13.2. The number of thiazole rings is 1. The van der Waals surface area contributed by atoms with Gasteiger partial charge in [0.05, 0.1) is 16.4 Å². The van der Waals surface area contributed by atoms with Crippen LogP contribution in [0.3, 0.4) is 0 Å². The summed E-state index contributed by atoms with van der Waals surface area (Å²) in [7, 11) is 5.74. The third kappa shape index (κ3) is 3.68. The van der Waals surface area contributed by atoms with Crippen LogP contribution >= 0.6 is 22.9 Å². The number of anilines is 1. The first-order chi connectivity index (χ1) is 11.9. The highest BCUT2D eigenvalue weighted by Crippen LogP contribution is 2.31. The van der Waals surface area contributed by atoms with Crippen LogP contribution in [0, 0.1) is 6.92 Å². The molecular formula is C17H20ClN5OS. The van der Waals surface area contributed by atoms with Crippen LogP contribution in [0.25, 0.3) is 10.2 Å². The monoisotopic (exact) mass is 377 g/mol. The van der Waals surface area contributed by atoms with Crippen molar-refractivity contribution >= 4 is 44.2 Å². The number of amides is 1. The Hall–Kier alpha value is -1.96. The van der Waals surface area contributed by atoms with E-state index in [0.717, 1.165) is 22.3 Å². The van der Waals surface area contributed by atoms with E-state index in [1.165, 1.54) is 11.3 Å². The minimum absolute atomic E-state index is 0.0931. The van der Waals surface area contributed by atoms with Crippen LogP contribution in [-0.4, -0.2) is 52.8 Å². The molecule has 1 aromatic carbocycles. The van der Waals surface area contributed by atoms with Crippen LogP contribution in [0.2, 0.25) is 5.02 Å². The lowest BCUT2D eigenvalue weighted by atomic mass is 10.2. The van der Waals surface area contributed by atoms with Gasteiger partial charge in [-0.1, -0.05) is 22.9 Å². The van der Waals surface area contributed by atoms with Crippen molar-refractivity contribution in [3.63, 3.8) is 0 Å². The molecule has 0 spiro atoms. The van der Waals surface area contributed by atoms with Gasteiger partial charge in [0.25, 0.3) is 5.91 Å². The van der Waals surface area contributed by atoms with Crippen molar-refractivity contribution in [1.82, 2.24) is 19.7 Å². The Morgan fingerprint density at radius 3 is 2.72 bits per heavy atom. The van der Waals surface area contributed by atoms with Gasteiger partial charge in [-0.2, -0.15) is 5.10 Å². The molecule has 6 nitrogen and oxygen atoms in total. The zero-order chi connectivity index (χ0) is 18.1. The van der Waals surface area contributed by atoms with Crippen LogP contribution in [0.4, 0.5) is 5.13 Å². The summed E-state index contributed by atoms with van der Waals surface area (Å²) < 4.78 is 2.58. The quantitative estimate of drug-likeness (QED) is 0.685. The number of hydrogen-bond donors (Lipinski definition) is 0. The minimum atomic E-state index is -0.0931. The van der Waals surface area contributed by atoms with Crippen LogP contribution < -0.4 is 4.90 Å². The molecule has 0 saturated carbocycles. The van der Waals surface area contributed by atoms with Crippen LogP contribution in [0.5, 0.6) is 0 Å². The van der Waals surface area contributed by atoms with Gasteiger partial charge in [-0.3, -0.25) is 14.4 Å². The second-order valence-corrected chi connectivity index (χ2v) is 7.61. The number of halogens is 1. The van der Waals surface area contributed by atoms with E-state index < -0.39 is 0 Å². The molecule has 0 N–H and O–H groups in total. The number of aromatic nitrogens is 3. The first-order valence-corrected chi connectivity index (χ1v) is 9.07. The summed E-state index contributed by atoms with van der Waals surface area (Å²) in [5.41, 5.74) is 2.27. The topological polar surface area (TPSA) is 54.3 Å². The lowest BCUT2D eigenvalue weighted by Crippen LogP contribution is -2.38. The molecule has 3 rings (SSSR count). The van der Waals surface area contributed by atoms with Crippen molar-refractivity contribution in [3.05, 3.63) is 40.7 Å². The number of carbonyl (C=O) groups is 1. The molecule has 0 fully saturated rings. The summed E-state index contributed by atoms with van der Waals surface area (Å²) in [6, 6.07) is 5.56. The summed E-state index contributed by atoms with van der Waals surface area (Å²) in [6.45, 7) is 3.17. The molecule has 132 valence electrons. The summed E-state index contributed by atoms with van der Waals surface area (Å²) in [4.78, 5) is 21.6. The van der Waals surface area contributed by atoms with Crippen LogP contribution in [0.1, 0.15) is 16.1 Å². The average molecular weight is 378 g/mol. The third-order valence-corrected chi connectivity index (χ3v) is 5.19. The van der Waals surface area contributed by atoms with Gasteiger partial charge < -0.3 is 4.90 Å². The van der Waals surface area contributed by atoms with Gasteiger partial charge in [-0.25, -0.2) is 4.98 Å². The molecule has 0 saturated heterocycles. The average Bonchev–Trinajstić information content (AvgIpc) is 3.09. The fourth-order valence-electron chi connectivity index (χ4n) is 2.57. The van der Waals surface area contributed by atoms with Crippen LogP contribution in [0.15, 0.2) is 24.4 Å². The molecule has 1 amide bonds. The van der Waals surface area contributed by atoms with Crippen molar-refractivity contribution in [3.8, 4) is 0 Å². The summed E-state index contributed by atoms with van der Waals surface area (Å²) >= 11 is 7.55. The lowest BCUT2D eigenvalue weighted by molar-refractivity contribution is 0.0975. The molecule has 0 aliphatic heterocycles. The number of likely N-dealkylation sites (N-methyl/N-ethyl adjacent to an activating group) is 1. The van der Waals surface area contributed by atoms with E-state index in [4.69, 9.17) is 11.6 Å². The fraction of sp³-hybridized carbons (Fsp3) is 0.353. The standard InChI is InChI=1S/C17H20ClN5OS/c1-11-10-19-22(4)15(11)16(24)23(8-7-21(2)3)17-20-13-6-5-12(18)9-14(13)25-17/h5-6,9-10H,7-8H2,1-4H3. The SMILES string of the molecule is Cc1cnn(C)c1C(=O)N(CCN(C)C)c1nc2ccc(Cl)cc2s1. The lowest BCUT2D eigenvalue weighted by Gasteiger charge is -2.22. The van der Waals surface area contributed by atoms with Crippen molar-refractivity contribution in [1.29, 1.82) is 0 Å². The third-order valence-electron chi connectivity index (χ3n) is 3.91. The minimum Gasteiger partial charge on any atom is -0.308 e. The second-order valence-electron chi connectivity index (χ2n) is 6.17. The van der Waals surface area contributed by atoms with Crippen LogP contribution in [-0.2, 0) is 7.05 Å². The highest BCUT2D eigenvalue weighted by Gasteiger charge is 2.25. The number of carbonyl (C=O) groups excluding carboxylic acids is 1. The van der Waals surface area contributed by atoms with Gasteiger partial charge >= 0.3 is 0 Å². The molecule has 0 aliphatic carbocycles. The molecular weight excluding hydrogens is 358 g/mol. The van der Waals surface area contributed by atoms with Crippen molar-refractivity contribution in [2.45, 2.75) is 6.92 Å². The Morgan fingerprint density at radius 2 is 2.08 bits per heavy atom. The van der Waals surface area contributed by atoms with Gasteiger partial charge in [-0.05, 0) is 44.8 Å². The predicted molar refractivity (Wildman–Crippen MR) is 103 cm³/mol. The van der Waals surface area contributed by atoms with Gasteiger partial charge in [0.1, 0.15) is 5.69 Å². The van der Waals surface area contributed by atoms with Crippen molar-refractivity contribution < 1.29 is 4.79 Å². The molecule has 2 aromatic heterocycles. The van der Waals surface area contributed by atoms with E-state index >= 15 is 0 Å². The largest absolute Gasteiger partial charge is 0.308 e. The Kier molecular flexibility index (Phi) is 5.08. The number of aryl methyl sites for hydroxylation is 2. The predicted octanol–water partition coefficient (Wildman–Crippen LogP) is 3.20. The molecule has 3 aromatic rings. The van der Waals surface area contributed by atoms with Gasteiger partial charge in [0.15, 0.2) is 5.13 Å². The zero-order valence-corrected chi connectivity index (χ0v) is 16.2. The summed E-state index contributed by atoms with van der Waals surface area (Å²) in [5.74, 6) is -0.0931. The Labute approximate surface area is 155 Å². The van der Waals surface area contributed by atoms with E-state index in [1.807, 2.05) is 44.1 Å². The number of benzene rings is 1. The molecule has 0 aliphatic rings. The normalized spacial score (nSPS) is 11.4. The zero-order valence-electron chi connectivity index (χ0n) is 14.7. The maximum absolute atomic E-state index is 13.2. The van der Waals surface area contributed by atoms with Gasteiger partial charge in [0.2, 0.25) is 0 Å². The molecule has 0 unspecified atom stereocenters. The first kappa shape index (κ1) is 17.8. The number of hydrogen-bond acceptors (Lipinski definition) is 5. The van der Waals surface area contributed by atoms with E-state index in [0.29, 0.717) is 22.4 Å². The molecule has 0 radical (unpaired) electrons. The maximum Gasteiger partial charge on any atom is 0.278 e. The molecule has 2 heterocycles. The molecule has 8 heteroatoms. The van der Waals surface area contributed by atoms with E-state index in [1.54, 1.807) is 22.8 Å². The van der Waals surface area contributed by atoms with E-state index in [-0.39, 0.29) is 5.91 Å². The van der Waals surface area contributed by atoms with E-state index in [9.17, 15) is 4.79 Å². The van der Waals surface area contributed by atoms with Gasteiger partial charge in [0, 0.05) is 25.2 Å². The Morgan fingerprint density at radius 1 is 1.32 bits per heavy atom. The van der Waals surface area contributed by atoms with E-state index in [2.05, 4.69) is 10.1 Å². The smallest absolute Gasteiger partial charge is 0.278 e. The second kappa shape index (κ2) is 7.11. The molecule has 0 bridgehead atoms. The molecule has 25 heavy (non-hydrogen) atoms. The number of fused-ring (bicyclic) bond motifs is 1. The van der Waals surface area contributed by atoms with Crippen molar-refractivity contribution in [2.75, 3.05) is 32.1 Å². The van der Waals surface area contributed by atoms with Gasteiger partial charge in [-0.15, -0.1) is 0 Å².